The lowest BCUT2D eigenvalue weighted by Gasteiger charge is -2.26. The van der Waals surface area contributed by atoms with E-state index in [0.717, 1.165) is 22.8 Å². The number of ether oxygens (including phenoxy) is 2. The Bertz CT molecular complexity index is 1010. The number of carbonyl (C=O) groups excluding carboxylic acids is 1. The van der Waals surface area contributed by atoms with E-state index in [0.29, 0.717) is 43.9 Å². The number of nitrogens with zero attached hydrogens (tertiary/aromatic N) is 4. The van der Waals surface area contributed by atoms with Gasteiger partial charge in [-0.15, -0.1) is 10.2 Å². The van der Waals surface area contributed by atoms with E-state index in [1.807, 2.05) is 53.6 Å². The second-order valence-corrected chi connectivity index (χ2v) is 7.66. The Morgan fingerprint density at radius 3 is 2.73 bits per heavy atom. The maximum atomic E-state index is 12.6. The molecule has 2 aromatic heterocycles. The Balaban J connectivity index is 1.68. The van der Waals surface area contributed by atoms with Crippen LogP contribution in [0.1, 0.15) is 12.7 Å². The number of amides is 1. The van der Waals surface area contributed by atoms with E-state index in [-0.39, 0.29) is 11.7 Å². The summed E-state index contributed by atoms with van der Waals surface area (Å²) in [5.41, 5.74) is 1.67. The number of carbonyl (C=O) groups is 1. The molecule has 0 saturated carbocycles. The first-order valence-corrected chi connectivity index (χ1v) is 10.9. The van der Waals surface area contributed by atoms with Gasteiger partial charge in [0.2, 0.25) is 5.91 Å². The fourth-order valence-corrected chi connectivity index (χ4v) is 4.17. The molecule has 4 rings (SSSR count). The Morgan fingerprint density at radius 1 is 1.20 bits per heavy atom. The van der Waals surface area contributed by atoms with Crippen LogP contribution in [0.2, 0.25) is 0 Å². The van der Waals surface area contributed by atoms with E-state index in [4.69, 9.17) is 13.9 Å². The van der Waals surface area contributed by atoms with Crippen molar-refractivity contribution in [3.8, 4) is 22.8 Å². The lowest BCUT2D eigenvalue weighted by molar-refractivity contribution is -0.132. The highest BCUT2D eigenvalue weighted by molar-refractivity contribution is 7.99. The molecule has 0 atom stereocenters. The summed E-state index contributed by atoms with van der Waals surface area (Å²) in [4.78, 5) is 14.5. The van der Waals surface area contributed by atoms with Crippen molar-refractivity contribution in [1.29, 1.82) is 0 Å². The van der Waals surface area contributed by atoms with Crippen LogP contribution in [0.3, 0.4) is 0 Å². The van der Waals surface area contributed by atoms with Gasteiger partial charge >= 0.3 is 0 Å². The van der Waals surface area contributed by atoms with E-state index < -0.39 is 0 Å². The summed E-state index contributed by atoms with van der Waals surface area (Å²) in [5.74, 6) is 2.47. The van der Waals surface area contributed by atoms with Crippen molar-refractivity contribution in [3.63, 3.8) is 0 Å². The summed E-state index contributed by atoms with van der Waals surface area (Å²) < 4.78 is 18.6. The van der Waals surface area contributed by atoms with Gasteiger partial charge in [-0.1, -0.05) is 23.9 Å². The van der Waals surface area contributed by atoms with Crippen LogP contribution in [0.25, 0.3) is 17.1 Å². The Hall–Kier alpha value is -2.78. The molecular formula is C21H24N4O4S. The number of benzene rings is 1. The topological polar surface area (TPSA) is 82.6 Å². The molecule has 158 valence electrons. The second kappa shape index (κ2) is 9.36. The minimum Gasteiger partial charge on any atom is -0.492 e. The van der Waals surface area contributed by atoms with Crippen molar-refractivity contribution in [1.82, 2.24) is 19.7 Å². The normalized spacial score (nSPS) is 14.1. The number of aryl methyl sites for hydroxylation is 1. The molecule has 0 aliphatic carbocycles. The molecule has 0 spiro atoms. The molecule has 0 bridgehead atoms. The molecule has 1 fully saturated rings. The third kappa shape index (κ3) is 4.22. The standard InChI is InChI=1S/C21H24N4O4S/c1-3-28-18-7-5-4-6-17(18)25-20(16-8-11-29-15(16)2)22-23-21(25)30-14-19(26)24-9-12-27-13-10-24/h4-8,11H,3,9-10,12-14H2,1-2H3. The zero-order valence-electron chi connectivity index (χ0n) is 17.0. The van der Waals surface area contributed by atoms with E-state index in [1.165, 1.54) is 11.8 Å². The maximum absolute atomic E-state index is 12.6. The fourth-order valence-electron chi connectivity index (χ4n) is 3.32. The summed E-state index contributed by atoms with van der Waals surface area (Å²) in [6, 6.07) is 9.61. The summed E-state index contributed by atoms with van der Waals surface area (Å²) in [7, 11) is 0. The van der Waals surface area contributed by atoms with Crippen LogP contribution >= 0.6 is 11.8 Å². The molecule has 1 aliphatic rings. The van der Waals surface area contributed by atoms with Crippen LogP contribution in [0, 0.1) is 6.92 Å². The lowest BCUT2D eigenvalue weighted by atomic mass is 10.2. The number of thioether (sulfide) groups is 1. The monoisotopic (exact) mass is 428 g/mol. The van der Waals surface area contributed by atoms with Gasteiger partial charge in [0.25, 0.3) is 0 Å². The molecule has 1 aliphatic heterocycles. The summed E-state index contributed by atoms with van der Waals surface area (Å²) in [6.07, 6.45) is 1.63. The maximum Gasteiger partial charge on any atom is 0.233 e. The first-order chi connectivity index (χ1) is 14.7. The van der Waals surface area contributed by atoms with Crippen molar-refractivity contribution in [2.24, 2.45) is 0 Å². The number of hydrogen-bond donors (Lipinski definition) is 0. The van der Waals surface area contributed by atoms with Crippen LogP contribution in [-0.2, 0) is 9.53 Å². The molecule has 3 aromatic rings. The minimum absolute atomic E-state index is 0.0667. The molecule has 30 heavy (non-hydrogen) atoms. The first kappa shape index (κ1) is 20.5. The molecular weight excluding hydrogens is 404 g/mol. The first-order valence-electron chi connectivity index (χ1n) is 9.89. The number of aromatic nitrogens is 3. The van der Waals surface area contributed by atoms with Gasteiger partial charge in [0.15, 0.2) is 11.0 Å². The molecule has 8 nitrogen and oxygen atoms in total. The number of morpholine rings is 1. The highest BCUT2D eigenvalue weighted by Crippen LogP contribution is 2.34. The molecule has 0 N–H and O–H groups in total. The van der Waals surface area contributed by atoms with Gasteiger partial charge < -0.3 is 18.8 Å². The van der Waals surface area contributed by atoms with Gasteiger partial charge in [0, 0.05) is 13.1 Å². The quantitative estimate of drug-likeness (QED) is 0.535. The molecule has 1 saturated heterocycles. The van der Waals surface area contributed by atoms with Gasteiger partial charge in [-0.05, 0) is 32.0 Å². The predicted molar refractivity (Wildman–Crippen MR) is 113 cm³/mol. The van der Waals surface area contributed by atoms with Crippen LogP contribution in [0.4, 0.5) is 0 Å². The van der Waals surface area contributed by atoms with Crippen molar-refractivity contribution in [2.75, 3.05) is 38.7 Å². The van der Waals surface area contributed by atoms with Gasteiger partial charge in [-0.3, -0.25) is 9.36 Å². The highest BCUT2D eigenvalue weighted by atomic mass is 32.2. The fraction of sp³-hybridized carbons (Fsp3) is 0.381. The van der Waals surface area contributed by atoms with E-state index in [2.05, 4.69) is 10.2 Å². The number of para-hydroxylation sites is 2. The van der Waals surface area contributed by atoms with E-state index in [1.54, 1.807) is 6.26 Å². The zero-order chi connectivity index (χ0) is 20.9. The molecule has 0 unspecified atom stereocenters. The van der Waals surface area contributed by atoms with Crippen LogP contribution in [0.15, 0.2) is 46.2 Å². The summed E-state index contributed by atoms with van der Waals surface area (Å²) in [5, 5.41) is 9.43. The lowest BCUT2D eigenvalue weighted by Crippen LogP contribution is -2.41. The van der Waals surface area contributed by atoms with Crippen LogP contribution in [-0.4, -0.2) is 64.2 Å². The largest absolute Gasteiger partial charge is 0.492 e. The average Bonchev–Trinajstić information content (AvgIpc) is 3.39. The van der Waals surface area contributed by atoms with Crippen LogP contribution in [0.5, 0.6) is 5.75 Å². The Kier molecular flexibility index (Phi) is 6.39. The molecule has 0 radical (unpaired) electrons. The third-order valence-electron chi connectivity index (χ3n) is 4.83. The van der Waals surface area contributed by atoms with E-state index >= 15 is 0 Å². The summed E-state index contributed by atoms with van der Waals surface area (Å²) in [6.45, 7) is 6.78. The predicted octanol–water partition coefficient (Wildman–Crippen LogP) is 3.19. The zero-order valence-corrected chi connectivity index (χ0v) is 17.9. The number of rotatable bonds is 7. The third-order valence-corrected chi connectivity index (χ3v) is 5.74. The van der Waals surface area contributed by atoms with Crippen LogP contribution < -0.4 is 4.74 Å². The van der Waals surface area contributed by atoms with Crippen molar-refractivity contribution < 1.29 is 18.7 Å². The molecule has 3 heterocycles. The van der Waals surface area contributed by atoms with Gasteiger partial charge in [0.1, 0.15) is 11.5 Å². The molecule has 1 aromatic carbocycles. The highest BCUT2D eigenvalue weighted by Gasteiger charge is 2.23. The molecule has 9 heteroatoms. The van der Waals surface area contributed by atoms with Gasteiger partial charge in [-0.2, -0.15) is 0 Å². The minimum atomic E-state index is 0.0667. The van der Waals surface area contributed by atoms with Gasteiger partial charge in [-0.25, -0.2) is 0 Å². The average molecular weight is 429 g/mol. The second-order valence-electron chi connectivity index (χ2n) is 6.71. The number of hydrogen-bond acceptors (Lipinski definition) is 7. The summed E-state index contributed by atoms with van der Waals surface area (Å²) >= 11 is 1.37. The Labute approximate surface area is 179 Å². The van der Waals surface area contributed by atoms with E-state index in [9.17, 15) is 4.79 Å². The Morgan fingerprint density at radius 2 is 2.00 bits per heavy atom. The van der Waals surface area contributed by atoms with Crippen molar-refractivity contribution >= 4 is 17.7 Å². The smallest absolute Gasteiger partial charge is 0.233 e. The van der Waals surface area contributed by atoms with Crippen molar-refractivity contribution in [2.45, 2.75) is 19.0 Å². The van der Waals surface area contributed by atoms with Crippen molar-refractivity contribution in [3.05, 3.63) is 42.4 Å². The number of furan rings is 1. The molecule has 1 amide bonds. The van der Waals surface area contributed by atoms with Gasteiger partial charge in [0.05, 0.1) is 43.1 Å². The SMILES string of the molecule is CCOc1ccccc1-n1c(SCC(=O)N2CCOCC2)nnc1-c1ccoc1C.